The normalized spacial score (nSPS) is 50.3. The quantitative estimate of drug-likeness (QED) is 0.441. The van der Waals surface area contributed by atoms with Gasteiger partial charge in [-0.25, -0.2) is 0 Å². The lowest BCUT2D eigenvalue weighted by atomic mass is 9.70. The number of nitrogens with zero attached hydrogens (tertiary/aromatic N) is 1. The summed E-state index contributed by atoms with van der Waals surface area (Å²) in [6.07, 6.45) is 2.28. The first kappa shape index (κ1) is 9.00. The molecule has 2 aliphatic rings. The zero-order valence-electron chi connectivity index (χ0n) is 8.54. The van der Waals surface area contributed by atoms with Gasteiger partial charge in [-0.2, -0.15) is 0 Å². The summed E-state index contributed by atoms with van der Waals surface area (Å²) in [5.41, 5.74) is 7.07. The molecule has 13 heavy (non-hydrogen) atoms. The van der Waals surface area contributed by atoms with Gasteiger partial charge in [0.1, 0.15) is 0 Å². The highest BCUT2D eigenvalue weighted by Crippen LogP contribution is 2.63. The minimum absolute atomic E-state index is 0.0197. The molecule has 3 N–H and O–H groups in total. The molecule has 3 nitrogen and oxygen atoms in total. The molecule has 0 aromatic rings. The van der Waals surface area contributed by atoms with Crippen LogP contribution in [0.4, 0.5) is 0 Å². The van der Waals surface area contributed by atoms with Gasteiger partial charge in [0.05, 0.1) is 11.8 Å². The van der Waals surface area contributed by atoms with E-state index in [4.69, 9.17) is 10.9 Å². The average Bonchev–Trinajstić information content (AvgIpc) is 2.32. The van der Waals surface area contributed by atoms with Crippen molar-refractivity contribution in [1.29, 1.82) is 0 Å². The Kier molecular flexibility index (Phi) is 1.57. The predicted octanol–water partition coefficient (Wildman–Crippen LogP) is 1.60. The fraction of sp³-hybridized carbons (Fsp3) is 0.900. The van der Waals surface area contributed by atoms with Crippen LogP contribution in [0.1, 0.15) is 33.6 Å². The molecular weight excluding hydrogens is 164 g/mol. The van der Waals surface area contributed by atoms with Gasteiger partial charge >= 0.3 is 0 Å². The van der Waals surface area contributed by atoms with Crippen molar-refractivity contribution in [2.45, 2.75) is 39.7 Å². The van der Waals surface area contributed by atoms with Crippen molar-refractivity contribution in [1.82, 2.24) is 0 Å². The van der Waals surface area contributed by atoms with E-state index in [0.29, 0.717) is 5.92 Å². The maximum Gasteiger partial charge on any atom is 0.0804 e. The van der Waals surface area contributed by atoms with Crippen molar-refractivity contribution in [3.05, 3.63) is 0 Å². The maximum absolute atomic E-state index is 8.96. The molecule has 0 aromatic heterocycles. The minimum atomic E-state index is -0.0289. The number of hydrogen-bond acceptors (Lipinski definition) is 3. The first-order valence-electron chi connectivity index (χ1n) is 4.93. The minimum Gasteiger partial charge on any atom is -0.411 e. The molecule has 3 unspecified atom stereocenters. The highest BCUT2D eigenvalue weighted by molar-refractivity contribution is 5.98. The molecule has 0 saturated heterocycles. The summed E-state index contributed by atoms with van der Waals surface area (Å²) in [4.78, 5) is 0. The smallest absolute Gasteiger partial charge is 0.0804 e. The van der Waals surface area contributed by atoms with Crippen LogP contribution in [0.5, 0.6) is 0 Å². The van der Waals surface area contributed by atoms with Gasteiger partial charge in [-0.15, -0.1) is 0 Å². The standard InChI is InChI=1S/C10H18N2O/c1-9(2)6-4-5-10(9,3)8(12-13)7(6)11/h6-7,13H,4-5,11H2,1-3H3/b12-8-. The van der Waals surface area contributed by atoms with Crippen molar-refractivity contribution in [2.24, 2.45) is 27.6 Å². The Bertz CT molecular complexity index is 272. The molecule has 3 atom stereocenters. The Morgan fingerprint density at radius 1 is 1.46 bits per heavy atom. The Labute approximate surface area is 79.0 Å². The van der Waals surface area contributed by atoms with E-state index >= 15 is 0 Å². The maximum atomic E-state index is 8.96. The summed E-state index contributed by atoms with van der Waals surface area (Å²) in [7, 11) is 0. The molecule has 2 rings (SSSR count). The van der Waals surface area contributed by atoms with Crippen LogP contribution in [0, 0.1) is 16.7 Å². The predicted molar refractivity (Wildman–Crippen MR) is 51.8 cm³/mol. The van der Waals surface area contributed by atoms with E-state index in [0.717, 1.165) is 12.1 Å². The number of fused-ring (bicyclic) bond motifs is 2. The highest BCUT2D eigenvalue weighted by atomic mass is 16.4. The van der Waals surface area contributed by atoms with Crippen LogP contribution in [-0.4, -0.2) is 17.0 Å². The van der Waals surface area contributed by atoms with Crippen LogP contribution >= 0.6 is 0 Å². The van der Waals surface area contributed by atoms with E-state index in [-0.39, 0.29) is 16.9 Å². The van der Waals surface area contributed by atoms with Crippen LogP contribution in [0.2, 0.25) is 0 Å². The molecule has 2 bridgehead atoms. The van der Waals surface area contributed by atoms with Crippen molar-refractivity contribution in [3.8, 4) is 0 Å². The van der Waals surface area contributed by atoms with Gasteiger partial charge in [0, 0.05) is 5.41 Å². The van der Waals surface area contributed by atoms with E-state index in [2.05, 4.69) is 25.9 Å². The van der Waals surface area contributed by atoms with Crippen LogP contribution in [0.3, 0.4) is 0 Å². The third kappa shape index (κ3) is 0.766. The molecule has 0 aliphatic heterocycles. The Morgan fingerprint density at radius 2 is 2.08 bits per heavy atom. The largest absolute Gasteiger partial charge is 0.411 e. The van der Waals surface area contributed by atoms with Crippen LogP contribution in [0.25, 0.3) is 0 Å². The third-order valence-electron chi connectivity index (χ3n) is 4.73. The molecule has 2 aliphatic carbocycles. The number of rotatable bonds is 0. The SMILES string of the molecule is CC12CCC(C(N)/C1=N/O)C2(C)C. The summed E-state index contributed by atoms with van der Waals surface area (Å²) in [6.45, 7) is 6.65. The zero-order valence-corrected chi connectivity index (χ0v) is 8.54. The van der Waals surface area contributed by atoms with Gasteiger partial charge in [0.2, 0.25) is 0 Å². The van der Waals surface area contributed by atoms with Crippen LogP contribution in [-0.2, 0) is 0 Å². The summed E-state index contributed by atoms with van der Waals surface area (Å²) in [5.74, 6) is 0.489. The molecule has 0 aromatic carbocycles. The number of hydrogen-bond donors (Lipinski definition) is 2. The monoisotopic (exact) mass is 182 g/mol. The molecule has 0 amide bonds. The van der Waals surface area contributed by atoms with Crippen molar-refractivity contribution in [2.75, 3.05) is 0 Å². The molecule has 0 spiro atoms. The zero-order chi connectivity index (χ0) is 9.85. The first-order valence-corrected chi connectivity index (χ1v) is 4.93. The third-order valence-corrected chi connectivity index (χ3v) is 4.73. The second-order valence-corrected chi connectivity index (χ2v) is 5.21. The highest BCUT2D eigenvalue weighted by Gasteiger charge is 2.64. The van der Waals surface area contributed by atoms with Gasteiger partial charge in [0.25, 0.3) is 0 Å². The first-order chi connectivity index (χ1) is 5.95. The Morgan fingerprint density at radius 3 is 2.38 bits per heavy atom. The summed E-state index contributed by atoms with van der Waals surface area (Å²) < 4.78 is 0. The van der Waals surface area contributed by atoms with Crippen molar-refractivity contribution in [3.63, 3.8) is 0 Å². The fourth-order valence-corrected chi connectivity index (χ4v) is 3.36. The van der Waals surface area contributed by atoms with Gasteiger partial charge in [-0.05, 0) is 24.2 Å². The summed E-state index contributed by atoms with van der Waals surface area (Å²) >= 11 is 0. The van der Waals surface area contributed by atoms with Crippen LogP contribution in [0.15, 0.2) is 5.16 Å². The van der Waals surface area contributed by atoms with Crippen molar-refractivity contribution >= 4 is 5.71 Å². The van der Waals surface area contributed by atoms with E-state index in [1.807, 2.05) is 0 Å². The van der Waals surface area contributed by atoms with Crippen molar-refractivity contribution < 1.29 is 5.21 Å². The van der Waals surface area contributed by atoms with Gasteiger partial charge in [-0.3, -0.25) is 0 Å². The lowest BCUT2D eigenvalue weighted by Gasteiger charge is -2.33. The number of nitrogens with two attached hydrogens (primary N) is 1. The molecule has 0 heterocycles. The molecular formula is C10H18N2O. The second kappa shape index (κ2) is 2.27. The summed E-state index contributed by atoms with van der Waals surface area (Å²) in [6, 6.07) is -0.0289. The van der Waals surface area contributed by atoms with Gasteiger partial charge in [0.15, 0.2) is 0 Å². The van der Waals surface area contributed by atoms with Crippen LogP contribution < -0.4 is 5.73 Å². The number of oxime groups is 1. The van der Waals surface area contributed by atoms with E-state index in [1.165, 1.54) is 6.42 Å². The molecule has 2 fully saturated rings. The molecule has 0 radical (unpaired) electrons. The van der Waals surface area contributed by atoms with Gasteiger partial charge < -0.3 is 10.9 Å². The fourth-order valence-electron chi connectivity index (χ4n) is 3.36. The molecule has 74 valence electrons. The summed E-state index contributed by atoms with van der Waals surface area (Å²) in [5, 5.41) is 12.4. The topological polar surface area (TPSA) is 58.6 Å². The average molecular weight is 182 g/mol. The lowest BCUT2D eigenvalue weighted by molar-refractivity contribution is 0.186. The van der Waals surface area contributed by atoms with E-state index < -0.39 is 0 Å². The Hall–Kier alpha value is -0.570. The van der Waals surface area contributed by atoms with E-state index in [9.17, 15) is 0 Å². The van der Waals surface area contributed by atoms with E-state index in [1.54, 1.807) is 0 Å². The second-order valence-electron chi connectivity index (χ2n) is 5.21. The Balaban J connectivity index is 2.52. The molecule has 2 saturated carbocycles. The lowest BCUT2D eigenvalue weighted by Crippen LogP contribution is -2.39. The van der Waals surface area contributed by atoms with Gasteiger partial charge in [-0.1, -0.05) is 25.9 Å². The molecule has 3 heteroatoms.